The van der Waals surface area contributed by atoms with Crippen LogP contribution >= 0.6 is 11.8 Å². The summed E-state index contributed by atoms with van der Waals surface area (Å²) in [6.45, 7) is 0.791. The highest BCUT2D eigenvalue weighted by Crippen LogP contribution is 2.24. The number of urea groups is 1. The standard InChI is InChI=1S/C8H14N2O2S/c11-4-3-9-8(12)10-6-7-2-1-5-13-7/h4,7H,1-3,5-6H2,(H2,9,10,12). The summed E-state index contributed by atoms with van der Waals surface area (Å²) in [6.07, 6.45) is 3.09. The number of hydrogen-bond donors (Lipinski definition) is 2. The Morgan fingerprint density at radius 2 is 2.38 bits per heavy atom. The Balaban J connectivity index is 2.03. The lowest BCUT2D eigenvalue weighted by Gasteiger charge is -2.09. The summed E-state index contributed by atoms with van der Waals surface area (Å²) >= 11 is 1.90. The van der Waals surface area contributed by atoms with E-state index in [1.54, 1.807) is 0 Å². The van der Waals surface area contributed by atoms with E-state index in [0.29, 0.717) is 18.1 Å². The molecule has 0 aromatic carbocycles. The minimum atomic E-state index is -0.250. The lowest BCUT2D eigenvalue weighted by Crippen LogP contribution is -2.39. The molecule has 1 rings (SSSR count). The molecular weight excluding hydrogens is 188 g/mol. The first-order chi connectivity index (χ1) is 6.33. The second kappa shape index (κ2) is 5.85. The monoisotopic (exact) mass is 202 g/mol. The number of hydrogen-bond acceptors (Lipinski definition) is 3. The summed E-state index contributed by atoms with van der Waals surface area (Å²) in [5, 5.41) is 5.72. The summed E-state index contributed by atoms with van der Waals surface area (Å²) in [5.41, 5.74) is 0. The summed E-state index contributed by atoms with van der Waals surface area (Å²) in [5.74, 6) is 1.20. The van der Waals surface area contributed by atoms with Crippen molar-refractivity contribution in [2.75, 3.05) is 18.8 Å². The van der Waals surface area contributed by atoms with E-state index in [2.05, 4.69) is 10.6 Å². The van der Waals surface area contributed by atoms with E-state index in [1.807, 2.05) is 11.8 Å². The first-order valence-corrected chi connectivity index (χ1v) is 5.44. The molecule has 0 aliphatic carbocycles. The van der Waals surface area contributed by atoms with Gasteiger partial charge in [0.05, 0.1) is 6.54 Å². The molecule has 1 atom stereocenters. The topological polar surface area (TPSA) is 58.2 Å². The summed E-state index contributed by atoms with van der Waals surface area (Å²) in [7, 11) is 0. The molecule has 1 fully saturated rings. The number of amides is 2. The maximum absolute atomic E-state index is 11.0. The summed E-state index contributed by atoms with van der Waals surface area (Å²) in [4.78, 5) is 20.9. The van der Waals surface area contributed by atoms with Gasteiger partial charge in [0, 0.05) is 11.8 Å². The Kier molecular flexibility index (Phi) is 4.67. The smallest absolute Gasteiger partial charge is 0.315 e. The van der Waals surface area contributed by atoms with E-state index in [4.69, 9.17) is 0 Å². The molecular formula is C8H14N2O2S. The largest absolute Gasteiger partial charge is 0.337 e. The van der Waals surface area contributed by atoms with Gasteiger partial charge in [-0.1, -0.05) is 0 Å². The molecule has 1 aliphatic heterocycles. The van der Waals surface area contributed by atoms with Crippen LogP contribution in [-0.4, -0.2) is 36.4 Å². The third-order valence-corrected chi connectivity index (χ3v) is 3.26. The van der Waals surface area contributed by atoms with E-state index < -0.39 is 0 Å². The summed E-state index contributed by atoms with van der Waals surface area (Å²) < 4.78 is 0. The SMILES string of the molecule is O=CCNC(=O)NCC1CCCS1. The van der Waals surface area contributed by atoms with E-state index in [0.717, 1.165) is 0 Å². The fraction of sp³-hybridized carbons (Fsp3) is 0.750. The van der Waals surface area contributed by atoms with Crippen LogP contribution in [0.2, 0.25) is 0 Å². The Labute approximate surface area is 81.8 Å². The van der Waals surface area contributed by atoms with Crippen molar-refractivity contribution in [3.8, 4) is 0 Å². The van der Waals surface area contributed by atoms with Crippen molar-refractivity contribution in [2.24, 2.45) is 0 Å². The van der Waals surface area contributed by atoms with E-state index >= 15 is 0 Å². The van der Waals surface area contributed by atoms with E-state index in [9.17, 15) is 9.59 Å². The number of aldehydes is 1. The third-order valence-electron chi connectivity index (χ3n) is 1.86. The van der Waals surface area contributed by atoms with Gasteiger partial charge >= 0.3 is 6.03 Å². The van der Waals surface area contributed by atoms with E-state index in [1.165, 1.54) is 18.6 Å². The van der Waals surface area contributed by atoms with Crippen LogP contribution in [0.3, 0.4) is 0 Å². The molecule has 1 aliphatic rings. The second-order valence-corrected chi connectivity index (χ2v) is 4.30. The Bertz CT molecular complexity index is 181. The minimum Gasteiger partial charge on any atom is -0.337 e. The van der Waals surface area contributed by atoms with Gasteiger partial charge in [-0.3, -0.25) is 0 Å². The Hall–Kier alpha value is -0.710. The lowest BCUT2D eigenvalue weighted by molar-refractivity contribution is -0.107. The molecule has 0 aromatic heterocycles. The third kappa shape index (κ3) is 4.17. The molecule has 13 heavy (non-hydrogen) atoms. The van der Waals surface area contributed by atoms with Crippen LogP contribution in [0.1, 0.15) is 12.8 Å². The fourth-order valence-corrected chi connectivity index (χ4v) is 2.41. The van der Waals surface area contributed by atoms with Crippen LogP contribution in [-0.2, 0) is 4.79 Å². The van der Waals surface area contributed by atoms with Gasteiger partial charge in [0.15, 0.2) is 0 Å². The molecule has 0 saturated carbocycles. The van der Waals surface area contributed by atoms with Crippen molar-refractivity contribution in [3.05, 3.63) is 0 Å². The second-order valence-electron chi connectivity index (χ2n) is 2.89. The summed E-state index contributed by atoms with van der Waals surface area (Å²) in [6, 6.07) is -0.250. The highest BCUT2D eigenvalue weighted by atomic mass is 32.2. The highest BCUT2D eigenvalue weighted by molar-refractivity contribution is 8.00. The van der Waals surface area contributed by atoms with Gasteiger partial charge in [-0.25, -0.2) is 4.79 Å². The molecule has 1 saturated heterocycles. The van der Waals surface area contributed by atoms with Gasteiger partial charge in [0.2, 0.25) is 0 Å². The van der Waals surface area contributed by atoms with Crippen LogP contribution in [0.5, 0.6) is 0 Å². The molecule has 1 heterocycles. The molecule has 4 nitrogen and oxygen atoms in total. The van der Waals surface area contributed by atoms with Gasteiger partial charge in [-0.2, -0.15) is 11.8 Å². The van der Waals surface area contributed by atoms with Gasteiger partial charge in [0.1, 0.15) is 6.29 Å². The van der Waals surface area contributed by atoms with Crippen LogP contribution < -0.4 is 10.6 Å². The first-order valence-electron chi connectivity index (χ1n) is 4.40. The number of thioether (sulfide) groups is 1. The zero-order valence-electron chi connectivity index (χ0n) is 7.41. The minimum absolute atomic E-state index is 0.0869. The molecule has 2 amide bonds. The van der Waals surface area contributed by atoms with Gasteiger partial charge in [0.25, 0.3) is 0 Å². The molecule has 0 bridgehead atoms. The van der Waals surface area contributed by atoms with Crippen molar-refractivity contribution in [2.45, 2.75) is 18.1 Å². The normalized spacial score (nSPS) is 21.1. The van der Waals surface area contributed by atoms with Gasteiger partial charge < -0.3 is 15.4 Å². The number of carbonyl (C=O) groups excluding carboxylic acids is 2. The fourth-order valence-electron chi connectivity index (χ4n) is 1.21. The number of nitrogens with one attached hydrogen (secondary N) is 2. The first kappa shape index (κ1) is 10.4. The average molecular weight is 202 g/mol. The van der Waals surface area contributed by atoms with Crippen molar-refractivity contribution in [1.82, 2.24) is 10.6 Å². The van der Waals surface area contributed by atoms with Crippen LogP contribution in [0.15, 0.2) is 0 Å². The molecule has 0 spiro atoms. The maximum atomic E-state index is 11.0. The van der Waals surface area contributed by atoms with Crippen LogP contribution in [0.25, 0.3) is 0 Å². The van der Waals surface area contributed by atoms with Crippen molar-refractivity contribution in [1.29, 1.82) is 0 Å². The maximum Gasteiger partial charge on any atom is 0.315 e. The predicted molar refractivity (Wildman–Crippen MR) is 52.9 cm³/mol. The van der Waals surface area contributed by atoms with Crippen molar-refractivity contribution >= 4 is 24.1 Å². The van der Waals surface area contributed by atoms with Crippen LogP contribution in [0.4, 0.5) is 4.79 Å². The Morgan fingerprint density at radius 1 is 1.54 bits per heavy atom. The Morgan fingerprint density at radius 3 is 3.00 bits per heavy atom. The quantitative estimate of drug-likeness (QED) is 0.648. The number of rotatable bonds is 4. The lowest BCUT2D eigenvalue weighted by atomic mass is 10.2. The van der Waals surface area contributed by atoms with Crippen molar-refractivity contribution in [3.63, 3.8) is 0 Å². The average Bonchev–Trinajstić information content (AvgIpc) is 2.64. The van der Waals surface area contributed by atoms with Crippen molar-refractivity contribution < 1.29 is 9.59 Å². The molecule has 1 unspecified atom stereocenters. The van der Waals surface area contributed by atoms with Crippen LogP contribution in [0, 0.1) is 0 Å². The highest BCUT2D eigenvalue weighted by Gasteiger charge is 2.15. The van der Waals surface area contributed by atoms with Gasteiger partial charge in [-0.05, 0) is 18.6 Å². The predicted octanol–water partition coefficient (Wildman–Crippen LogP) is 0.380. The van der Waals surface area contributed by atoms with Gasteiger partial charge in [-0.15, -0.1) is 0 Å². The zero-order chi connectivity index (χ0) is 9.52. The van der Waals surface area contributed by atoms with E-state index in [-0.39, 0.29) is 12.6 Å². The number of carbonyl (C=O) groups is 2. The molecule has 2 N–H and O–H groups in total. The molecule has 5 heteroatoms. The molecule has 74 valence electrons. The molecule has 0 radical (unpaired) electrons. The molecule has 0 aromatic rings. The zero-order valence-corrected chi connectivity index (χ0v) is 8.23.